The van der Waals surface area contributed by atoms with E-state index < -0.39 is 0 Å². The van der Waals surface area contributed by atoms with Gasteiger partial charge < -0.3 is 4.57 Å². The van der Waals surface area contributed by atoms with Crippen molar-refractivity contribution in [3.8, 4) is 0 Å². The van der Waals surface area contributed by atoms with Gasteiger partial charge in [0.2, 0.25) is 0 Å². The molecule has 0 aliphatic heterocycles. The van der Waals surface area contributed by atoms with Crippen LogP contribution in [-0.2, 0) is 6.54 Å². The molecule has 1 aromatic carbocycles. The van der Waals surface area contributed by atoms with Crippen molar-refractivity contribution < 1.29 is 4.92 Å². The number of halogens is 1. The summed E-state index contributed by atoms with van der Waals surface area (Å²) in [6.45, 7) is 0.779. The van der Waals surface area contributed by atoms with Gasteiger partial charge in [-0.15, -0.1) is 10.2 Å². The third-order valence-corrected chi connectivity index (χ3v) is 4.00. The van der Waals surface area contributed by atoms with Crippen molar-refractivity contribution in [1.29, 1.82) is 0 Å². The number of rotatable bonds is 6. The van der Waals surface area contributed by atoms with Gasteiger partial charge in [0, 0.05) is 17.9 Å². The summed E-state index contributed by atoms with van der Waals surface area (Å²) in [5.74, 6) is 0. The fraction of sp³-hybridized carbons (Fsp3) is 0.273. The van der Waals surface area contributed by atoms with Gasteiger partial charge in [0.15, 0.2) is 5.16 Å². The number of aryl methyl sites for hydroxylation is 1. The van der Waals surface area contributed by atoms with Gasteiger partial charge in [-0.1, -0.05) is 28.1 Å². The minimum Gasteiger partial charge on any atom is -0.308 e. The maximum Gasteiger partial charge on any atom is 0.283 e. The van der Waals surface area contributed by atoms with E-state index in [9.17, 15) is 10.1 Å². The van der Waals surface area contributed by atoms with Gasteiger partial charge >= 0.3 is 0 Å². The largest absolute Gasteiger partial charge is 0.308 e. The molecule has 0 atom stereocenters. The molecule has 2 rings (SSSR count). The number of hydrogen-bond donors (Lipinski definition) is 0. The van der Waals surface area contributed by atoms with Gasteiger partial charge in [-0.3, -0.25) is 10.1 Å². The number of nitrogens with zero attached hydrogens (tertiary/aromatic N) is 4. The van der Waals surface area contributed by atoms with Crippen molar-refractivity contribution in [2.45, 2.75) is 23.0 Å². The average molecular weight is 343 g/mol. The van der Waals surface area contributed by atoms with E-state index in [0.717, 1.165) is 18.3 Å². The molecule has 0 aliphatic rings. The molecule has 6 nitrogen and oxygen atoms in total. The molecule has 1 heterocycles. The Hall–Kier alpha value is -1.41. The molecule has 0 aliphatic carbocycles. The van der Waals surface area contributed by atoms with Crippen molar-refractivity contribution in [3.63, 3.8) is 0 Å². The second kappa shape index (κ2) is 6.67. The zero-order valence-electron chi connectivity index (χ0n) is 9.90. The van der Waals surface area contributed by atoms with Crippen LogP contribution in [-0.4, -0.2) is 25.0 Å². The Morgan fingerprint density at radius 1 is 1.42 bits per heavy atom. The number of nitro benzene ring substituents is 1. The average Bonchev–Trinajstić information content (AvgIpc) is 2.84. The minimum absolute atomic E-state index is 0.0857. The number of para-hydroxylation sites is 1. The summed E-state index contributed by atoms with van der Waals surface area (Å²) in [7, 11) is 0. The monoisotopic (exact) mass is 342 g/mol. The van der Waals surface area contributed by atoms with Gasteiger partial charge in [0.25, 0.3) is 5.69 Å². The predicted octanol–water partition coefficient (Wildman–Crippen LogP) is 3.12. The van der Waals surface area contributed by atoms with E-state index in [1.807, 2.05) is 4.57 Å². The molecule has 0 unspecified atom stereocenters. The Morgan fingerprint density at radius 3 is 2.95 bits per heavy atom. The Morgan fingerprint density at radius 2 is 2.21 bits per heavy atom. The second-order valence-electron chi connectivity index (χ2n) is 3.68. The fourth-order valence-electron chi connectivity index (χ4n) is 1.50. The van der Waals surface area contributed by atoms with Crippen molar-refractivity contribution in [2.24, 2.45) is 0 Å². The third-order valence-electron chi connectivity index (χ3n) is 2.38. The Balaban J connectivity index is 2.22. The molecule has 2 aromatic rings. The third kappa shape index (κ3) is 3.54. The lowest BCUT2D eigenvalue weighted by Gasteiger charge is -2.05. The SMILES string of the molecule is O=[N+]([O-])c1ccccc1Sc1nncn1CCCBr. The maximum atomic E-state index is 11.0. The van der Waals surface area contributed by atoms with Crippen LogP contribution in [0.5, 0.6) is 0 Å². The zero-order valence-corrected chi connectivity index (χ0v) is 12.3. The quantitative estimate of drug-likeness (QED) is 0.458. The molecule has 100 valence electrons. The van der Waals surface area contributed by atoms with E-state index in [1.165, 1.54) is 17.8 Å². The van der Waals surface area contributed by atoms with Crippen LogP contribution in [0.3, 0.4) is 0 Å². The van der Waals surface area contributed by atoms with E-state index in [1.54, 1.807) is 24.5 Å². The second-order valence-corrected chi connectivity index (χ2v) is 5.48. The molecular formula is C11H11BrN4O2S. The first-order valence-corrected chi connectivity index (χ1v) is 7.51. The van der Waals surface area contributed by atoms with E-state index in [2.05, 4.69) is 26.1 Å². The topological polar surface area (TPSA) is 73.8 Å². The first-order chi connectivity index (χ1) is 9.22. The van der Waals surface area contributed by atoms with Crippen molar-refractivity contribution in [3.05, 3.63) is 40.7 Å². The molecule has 0 N–H and O–H groups in total. The van der Waals surface area contributed by atoms with Crippen molar-refractivity contribution in [2.75, 3.05) is 5.33 Å². The van der Waals surface area contributed by atoms with Crippen LogP contribution in [0.4, 0.5) is 5.69 Å². The van der Waals surface area contributed by atoms with Crippen LogP contribution in [0.2, 0.25) is 0 Å². The lowest BCUT2D eigenvalue weighted by atomic mass is 10.3. The summed E-state index contributed by atoms with van der Waals surface area (Å²) in [4.78, 5) is 11.1. The zero-order chi connectivity index (χ0) is 13.7. The number of hydrogen-bond acceptors (Lipinski definition) is 5. The van der Waals surface area contributed by atoms with E-state index >= 15 is 0 Å². The molecule has 1 aromatic heterocycles. The molecule has 0 saturated heterocycles. The highest BCUT2D eigenvalue weighted by atomic mass is 79.9. The van der Waals surface area contributed by atoms with E-state index in [4.69, 9.17) is 0 Å². The highest BCUT2D eigenvalue weighted by Gasteiger charge is 2.16. The minimum atomic E-state index is -0.387. The van der Waals surface area contributed by atoms with Gasteiger partial charge in [0.05, 0.1) is 9.82 Å². The Bertz CT molecular complexity index is 575. The summed E-state index contributed by atoms with van der Waals surface area (Å²) in [5.41, 5.74) is 0.0857. The summed E-state index contributed by atoms with van der Waals surface area (Å²) >= 11 is 4.63. The molecule has 0 bridgehead atoms. The van der Waals surface area contributed by atoms with Crippen LogP contribution in [0.15, 0.2) is 40.6 Å². The highest BCUT2D eigenvalue weighted by molar-refractivity contribution is 9.09. The fourth-order valence-corrected chi connectivity index (χ4v) is 2.68. The van der Waals surface area contributed by atoms with Gasteiger partial charge in [-0.05, 0) is 24.2 Å². The summed E-state index contributed by atoms with van der Waals surface area (Å²) in [5, 5.41) is 20.4. The number of aromatic nitrogens is 3. The van der Waals surface area contributed by atoms with Crippen LogP contribution in [0, 0.1) is 10.1 Å². The van der Waals surface area contributed by atoms with Crippen LogP contribution >= 0.6 is 27.7 Å². The van der Waals surface area contributed by atoms with Crippen LogP contribution in [0.1, 0.15) is 6.42 Å². The summed E-state index contributed by atoms with van der Waals surface area (Å²) in [6.07, 6.45) is 2.59. The van der Waals surface area contributed by atoms with E-state index in [-0.39, 0.29) is 10.6 Å². The maximum absolute atomic E-state index is 11.0. The number of alkyl halides is 1. The molecule has 8 heteroatoms. The normalized spacial score (nSPS) is 10.6. The molecule has 0 fully saturated rings. The first kappa shape index (κ1) is 14.0. The van der Waals surface area contributed by atoms with Crippen LogP contribution < -0.4 is 0 Å². The Labute approximate surface area is 122 Å². The standard InChI is InChI=1S/C11H11BrN4O2S/c12-6-3-7-15-8-13-14-11(15)19-10-5-2-1-4-9(10)16(17)18/h1-2,4-5,8H,3,6-7H2. The van der Waals surface area contributed by atoms with Crippen LogP contribution in [0.25, 0.3) is 0 Å². The summed E-state index contributed by atoms with van der Waals surface area (Å²) < 4.78 is 1.89. The molecule has 19 heavy (non-hydrogen) atoms. The lowest BCUT2D eigenvalue weighted by molar-refractivity contribution is -0.387. The smallest absolute Gasteiger partial charge is 0.283 e. The van der Waals surface area contributed by atoms with E-state index in [0.29, 0.717) is 10.1 Å². The van der Waals surface area contributed by atoms with Gasteiger partial charge in [-0.25, -0.2) is 0 Å². The molecule has 0 radical (unpaired) electrons. The summed E-state index contributed by atoms with van der Waals surface area (Å²) in [6, 6.07) is 6.63. The van der Waals surface area contributed by atoms with Gasteiger partial charge in [0.1, 0.15) is 6.33 Å². The Kier molecular flexibility index (Phi) is 4.92. The molecule has 0 spiro atoms. The van der Waals surface area contributed by atoms with Crippen molar-refractivity contribution in [1.82, 2.24) is 14.8 Å². The lowest BCUT2D eigenvalue weighted by Crippen LogP contribution is -1.99. The number of nitro groups is 1. The number of benzene rings is 1. The van der Waals surface area contributed by atoms with Gasteiger partial charge in [-0.2, -0.15) is 0 Å². The molecule has 0 amide bonds. The first-order valence-electron chi connectivity index (χ1n) is 5.57. The molecule has 0 saturated carbocycles. The van der Waals surface area contributed by atoms with Crippen molar-refractivity contribution >= 4 is 33.4 Å². The predicted molar refractivity (Wildman–Crippen MR) is 75.7 cm³/mol. The molecular weight excluding hydrogens is 332 g/mol. The highest BCUT2D eigenvalue weighted by Crippen LogP contribution is 2.33.